The Balaban J connectivity index is 2.50. The molecule has 16 heavy (non-hydrogen) atoms. The summed E-state index contributed by atoms with van der Waals surface area (Å²) < 4.78 is 0. The van der Waals surface area contributed by atoms with Crippen LogP contribution in [0.3, 0.4) is 0 Å². The molecule has 0 bridgehead atoms. The highest BCUT2D eigenvalue weighted by atomic mass is 35.5. The van der Waals surface area contributed by atoms with Crippen molar-refractivity contribution in [1.82, 2.24) is 0 Å². The third-order valence-corrected chi connectivity index (χ3v) is 2.80. The number of anilines is 1. The van der Waals surface area contributed by atoms with Crippen LogP contribution in [0.2, 0.25) is 10.0 Å². The van der Waals surface area contributed by atoms with E-state index < -0.39 is 5.91 Å². The predicted molar refractivity (Wildman–Crippen MR) is 62.7 cm³/mol. The summed E-state index contributed by atoms with van der Waals surface area (Å²) in [6.07, 6.45) is 1.28. The maximum absolute atomic E-state index is 11.7. The van der Waals surface area contributed by atoms with Crippen LogP contribution in [-0.2, 0) is 9.59 Å². The maximum Gasteiger partial charge on any atom is 0.261 e. The van der Waals surface area contributed by atoms with Crippen molar-refractivity contribution in [3.63, 3.8) is 0 Å². The summed E-state index contributed by atoms with van der Waals surface area (Å²) >= 11 is 11.7. The summed E-state index contributed by atoms with van der Waals surface area (Å²) in [4.78, 5) is 24.3. The zero-order chi connectivity index (χ0) is 11.9. The number of halogens is 2. The lowest BCUT2D eigenvalue weighted by Gasteiger charge is -2.16. The second-order valence-corrected chi connectivity index (χ2v) is 4.25. The van der Waals surface area contributed by atoms with E-state index in [9.17, 15) is 9.59 Å². The molecule has 0 N–H and O–H groups in total. The summed E-state index contributed by atoms with van der Waals surface area (Å²) in [6, 6.07) is 4.64. The molecule has 82 valence electrons. The van der Waals surface area contributed by atoms with Crippen LogP contribution in [0.5, 0.6) is 0 Å². The molecular weight excluding hydrogens is 249 g/mol. The van der Waals surface area contributed by atoms with E-state index in [2.05, 4.69) is 0 Å². The molecule has 2 amide bonds. The van der Waals surface area contributed by atoms with Gasteiger partial charge in [0, 0.05) is 16.7 Å². The Hall–Kier alpha value is -1.32. The predicted octanol–water partition coefficient (Wildman–Crippen LogP) is 2.81. The minimum absolute atomic E-state index is 0.314. The van der Waals surface area contributed by atoms with E-state index in [1.54, 1.807) is 19.1 Å². The molecule has 0 aromatic heterocycles. The fourth-order valence-electron chi connectivity index (χ4n) is 1.47. The first kappa shape index (κ1) is 11.2. The molecule has 3 nitrogen and oxygen atoms in total. The van der Waals surface area contributed by atoms with E-state index in [-0.39, 0.29) is 5.91 Å². The summed E-state index contributed by atoms with van der Waals surface area (Å²) in [5.41, 5.74) is 0.707. The van der Waals surface area contributed by atoms with Gasteiger partial charge in [0.2, 0.25) is 0 Å². The fourth-order valence-corrected chi connectivity index (χ4v) is 1.84. The van der Waals surface area contributed by atoms with Crippen molar-refractivity contribution in [1.29, 1.82) is 0 Å². The van der Waals surface area contributed by atoms with Gasteiger partial charge in [0.1, 0.15) is 0 Å². The first-order chi connectivity index (χ1) is 7.50. The smallest absolute Gasteiger partial charge is 0.261 e. The first-order valence-corrected chi connectivity index (χ1v) is 5.28. The lowest BCUT2D eigenvalue weighted by molar-refractivity contribution is -0.120. The van der Waals surface area contributed by atoms with E-state index in [1.807, 2.05) is 0 Å². The van der Waals surface area contributed by atoms with Gasteiger partial charge in [-0.1, -0.05) is 23.2 Å². The summed E-state index contributed by atoms with van der Waals surface area (Å²) in [7, 11) is 0. The molecule has 0 unspecified atom stereocenters. The van der Waals surface area contributed by atoms with Gasteiger partial charge in [0.05, 0.1) is 10.7 Å². The molecule has 2 rings (SSSR count). The van der Waals surface area contributed by atoms with Gasteiger partial charge in [-0.2, -0.15) is 0 Å². The van der Waals surface area contributed by atoms with Gasteiger partial charge in [0.25, 0.3) is 11.8 Å². The Morgan fingerprint density at radius 3 is 2.44 bits per heavy atom. The lowest BCUT2D eigenvalue weighted by Crippen LogP contribution is -2.30. The Morgan fingerprint density at radius 2 is 1.88 bits per heavy atom. The van der Waals surface area contributed by atoms with Gasteiger partial charge >= 0.3 is 0 Å². The van der Waals surface area contributed by atoms with Crippen molar-refractivity contribution >= 4 is 40.7 Å². The Bertz CT molecular complexity index is 523. The van der Waals surface area contributed by atoms with Gasteiger partial charge in [-0.05, 0) is 25.1 Å². The molecule has 0 saturated carbocycles. The van der Waals surface area contributed by atoms with Gasteiger partial charge in [0.15, 0.2) is 0 Å². The molecule has 1 aromatic rings. The van der Waals surface area contributed by atoms with Crippen LogP contribution in [0.15, 0.2) is 29.8 Å². The minimum Gasteiger partial charge on any atom is -0.269 e. The molecule has 0 saturated heterocycles. The van der Waals surface area contributed by atoms with Crippen LogP contribution in [0.1, 0.15) is 6.92 Å². The highest BCUT2D eigenvalue weighted by Gasteiger charge is 2.31. The largest absolute Gasteiger partial charge is 0.269 e. The molecule has 5 heteroatoms. The Labute approximate surface area is 102 Å². The molecule has 0 fully saturated rings. The lowest BCUT2D eigenvalue weighted by atomic mass is 10.2. The van der Waals surface area contributed by atoms with Crippen LogP contribution < -0.4 is 4.90 Å². The highest BCUT2D eigenvalue weighted by molar-refractivity contribution is 6.39. The molecule has 0 spiro atoms. The molecular formula is C11H7Cl2NO2. The highest BCUT2D eigenvalue weighted by Crippen LogP contribution is 2.32. The molecule has 0 aliphatic carbocycles. The van der Waals surface area contributed by atoms with Crippen molar-refractivity contribution in [2.75, 3.05) is 4.90 Å². The van der Waals surface area contributed by atoms with Crippen LogP contribution in [0, 0.1) is 0 Å². The molecule has 1 heterocycles. The third kappa shape index (κ3) is 1.72. The average molecular weight is 256 g/mol. The zero-order valence-corrected chi connectivity index (χ0v) is 9.84. The number of amides is 2. The normalized spacial score (nSPS) is 15.7. The van der Waals surface area contributed by atoms with Gasteiger partial charge in [-0.3, -0.25) is 9.59 Å². The number of hydrogen-bond acceptors (Lipinski definition) is 2. The van der Waals surface area contributed by atoms with Crippen molar-refractivity contribution < 1.29 is 9.59 Å². The summed E-state index contributed by atoms with van der Waals surface area (Å²) in [5.74, 6) is -0.763. The monoisotopic (exact) mass is 255 g/mol. The minimum atomic E-state index is -0.397. The Kier molecular flexibility index (Phi) is 2.74. The number of imide groups is 1. The summed E-state index contributed by atoms with van der Waals surface area (Å²) in [5, 5.41) is 0.735. The molecule has 0 radical (unpaired) electrons. The number of carbonyl (C=O) groups is 2. The van der Waals surface area contributed by atoms with E-state index in [0.717, 1.165) is 4.90 Å². The fraction of sp³-hybridized carbons (Fsp3) is 0.0909. The van der Waals surface area contributed by atoms with E-state index in [4.69, 9.17) is 23.2 Å². The maximum atomic E-state index is 11.7. The molecule has 1 aliphatic heterocycles. The summed E-state index contributed by atoms with van der Waals surface area (Å²) in [6.45, 7) is 1.58. The number of benzene rings is 1. The van der Waals surface area contributed by atoms with Crippen LogP contribution in [0.4, 0.5) is 5.69 Å². The van der Waals surface area contributed by atoms with E-state index >= 15 is 0 Å². The SMILES string of the molecule is CC1=CC(=O)N(c2cc(Cl)ccc2Cl)C1=O. The van der Waals surface area contributed by atoms with Crippen molar-refractivity contribution in [2.45, 2.75) is 6.92 Å². The topological polar surface area (TPSA) is 37.4 Å². The third-order valence-electron chi connectivity index (χ3n) is 2.25. The van der Waals surface area contributed by atoms with Crippen LogP contribution in [0.25, 0.3) is 0 Å². The van der Waals surface area contributed by atoms with E-state index in [0.29, 0.717) is 21.3 Å². The molecule has 1 aliphatic rings. The number of rotatable bonds is 1. The second-order valence-electron chi connectivity index (χ2n) is 3.40. The van der Waals surface area contributed by atoms with E-state index in [1.165, 1.54) is 12.1 Å². The molecule has 1 aromatic carbocycles. The zero-order valence-electron chi connectivity index (χ0n) is 8.33. The quantitative estimate of drug-likeness (QED) is 0.724. The standard InChI is InChI=1S/C11H7Cl2NO2/c1-6-4-10(15)14(11(6)16)9-5-7(12)2-3-8(9)13/h2-5H,1H3. The average Bonchev–Trinajstić information content (AvgIpc) is 2.46. The Morgan fingerprint density at radius 1 is 1.19 bits per heavy atom. The van der Waals surface area contributed by atoms with Crippen molar-refractivity contribution in [3.05, 3.63) is 39.9 Å². The van der Waals surface area contributed by atoms with Gasteiger partial charge in [-0.15, -0.1) is 0 Å². The van der Waals surface area contributed by atoms with Gasteiger partial charge < -0.3 is 0 Å². The first-order valence-electron chi connectivity index (χ1n) is 4.52. The second kappa shape index (κ2) is 3.92. The van der Waals surface area contributed by atoms with Gasteiger partial charge in [-0.25, -0.2) is 4.90 Å². The number of nitrogens with zero attached hydrogens (tertiary/aromatic N) is 1. The number of hydrogen-bond donors (Lipinski definition) is 0. The number of carbonyl (C=O) groups excluding carboxylic acids is 2. The van der Waals surface area contributed by atoms with Crippen LogP contribution >= 0.6 is 23.2 Å². The van der Waals surface area contributed by atoms with Crippen LogP contribution in [-0.4, -0.2) is 11.8 Å². The van der Waals surface area contributed by atoms with Crippen molar-refractivity contribution in [2.24, 2.45) is 0 Å². The van der Waals surface area contributed by atoms with Crippen molar-refractivity contribution in [3.8, 4) is 0 Å². The molecule has 0 atom stereocenters.